The summed E-state index contributed by atoms with van der Waals surface area (Å²) in [6, 6.07) is 14.1. The van der Waals surface area contributed by atoms with E-state index >= 15 is 0 Å². The molecule has 3 N–H and O–H groups in total. The molecule has 1 aliphatic rings. The first-order valence-electron chi connectivity index (χ1n) is 15.6. The van der Waals surface area contributed by atoms with E-state index in [0.717, 1.165) is 36.4 Å². The summed E-state index contributed by atoms with van der Waals surface area (Å²) >= 11 is 0. The fraction of sp³-hybridized carbons (Fsp3) is 0.515. The van der Waals surface area contributed by atoms with Gasteiger partial charge in [-0.15, -0.1) is 0 Å². The monoisotopic (exact) mass is 592 g/mol. The second kappa shape index (κ2) is 18.1. The molecule has 43 heavy (non-hydrogen) atoms. The Bertz CT molecular complexity index is 1240. The molecule has 1 heterocycles. The van der Waals surface area contributed by atoms with Gasteiger partial charge < -0.3 is 25.4 Å². The normalized spacial score (nSPS) is 13.5. The van der Waals surface area contributed by atoms with Crippen molar-refractivity contribution in [1.82, 2.24) is 15.0 Å². The average Bonchev–Trinajstić information content (AvgIpc) is 3.02. The van der Waals surface area contributed by atoms with Crippen LogP contribution in [0.15, 0.2) is 48.5 Å². The number of nitrogens with one attached hydrogen (secondary N) is 3. The topological polar surface area (TPSA) is 110 Å². The van der Waals surface area contributed by atoms with Crippen LogP contribution in [0.2, 0.25) is 0 Å². The van der Waals surface area contributed by atoms with E-state index in [1.807, 2.05) is 24.3 Å². The van der Waals surface area contributed by atoms with Gasteiger partial charge in [0, 0.05) is 44.8 Å². The lowest BCUT2D eigenvalue weighted by Gasteiger charge is -2.21. The Balaban J connectivity index is 1.30. The zero-order chi connectivity index (χ0) is 30.1. The van der Waals surface area contributed by atoms with Crippen molar-refractivity contribution >= 4 is 29.3 Å². The number of benzene rings is 2. The molecule has 0 unspecified atom stereocenters. The number of halogens is 1. The van der Waals surface area contributed by atoms with Crippen molar-refractivity contribution in [2.24, 2.45) is 5.92 Å². The average molecular weight is 593 g/mol. The largest absolute Gasteiger partial charge is 0.379 e. The number of anilines is 4. The second-order valence-electron chi connectivity index (χ2n) is 11.0. The van der Waals surface area contributed by atoms with Gasteiger partial charge in [-0.3, -0.25) is 4.79 Å². The van der Waals surface area contributed by atoms with E-state index in [9.17, 15) is 9.18 Å². The Kier molecular flexibility index (Phi) is 13.6. The first-order chi connectivity index (χ1) is 21.1. The van der Waals surface area contributed by atoms with E-state index in [-0.39, 0.29) is 11.6 Å². The van der Waals surface area contributed by atoms with Crippen LogP contribution in [0.5, 0.6) is 0 Å². The Hall–Kier alpha value is -3.63. The molecular weight excluding hydrogens is 547 g/mol. The molecule has 0 saturated heterocycles. The number of nitrogens with zero attached hydrogens (tertiary/aromatic N) is 3. The van der Waals surface area contributed by atoms with Gasteiger partial charge in [0.15, 0.2) is 0 Å². The predicted octanol–water partition coefficient (Wildman–Crippen LogP) is 6.69. The minimum absolute atomic E-state index is 0.189. The third-order valence-corrected chi connectivity index (χ3v) is 7.35. The molecule has 1 aromatic heterocycles. The van der Waals surface area contributed by atoms with Crippen LogP contribution in [0.4, 0.5) is 27.9 Å². The summed E-state index contributed by atoms with van der Waals surface area (Å²) in [5.41, 5.74) is 2.68. The Morgan fingerprint density at radius 2 is 1.47 bits per heavy atom. The smallest absolute Gasteiger partial charge is 0.233 e. The molecule has 232 valence electrons. The maximum Gasteiger partial charge on any atom is 0.233 e. The molecule has 2 aromatic carbocycles. The van der Waals surface area contributed by atoms with Gasteiger partial charge in [0.05, 0.1) is 13.2 Å². The Morgan fingerprint density at radius 3 is 2.19 bits per heavy atom. The number of ether oxygens (including phenoxy) is 2. The van der Waals surface area contributed by atoms with Crippen molar-refractivity contribution < 1.29 is 18.7 Å². The highest BCUT2D eigenvalue weighted by Crippen LogP contribution is 2.24. The number of carbonyl (C=O) groups excluding carboxylic acids is 1. The third-order valence-electron chi connectivity index (χ3n) is 7.35. The molecule has 1 fully saturated rings. The summed E-state index contributed by atoms with van der Waals surface area (Å²) in [5, 5.41) is 9.91. The van der Waals surface area contributed by atoms with E-state index < -0.39 is 0 Å². The van der Waals surface area contributed by atoms with Crippen LogP contribution < -0.4 is 16.0 Å². The Morgan fingerprint density at radius 1 is 0.814 bits per heavy atom. The summed E-state index contributed by atoms with van der Waals surface area (Å²) in [5.74, 6) is 1.87. The fourth-order valence-electron chi connectivity index (χ4n) is 4.99. The van der Waals surface area contributed by atoms with Crippen molar-refractivity contribution in [1.29, 1.82) is 0 Å². The molecule has 0 spiro atoms. The highest BCUT2D eigenvalue weighted by atomic mass is 19.1. The lowest BCUT2D eigenvalue weighted by Crippen LogP contribution is -2.19. The van der Waals surface area contributed by atoms with Crippen molar-refractivity contribution in [3.05, 3.63) is 65.5 Å². The molecule has 0 radical (unpaired) electrons. The molecule has 0 bridgehead atoms. The molecule has 4 rings (SSSR count). The number of ketones is 1. The Labute approximate surface area is 254 Å². The van der Waals surface area contributed by atoms with Gasteiger partial charge in [-0.1, -0.05) is 50.5 Å². The van der Waals surface area contributed by atoms with Gasteiger partial charge >= 0.3 is 0 Å². The summed E-state index contributed by atoms with van der Waals surface area (Å²) in [6.07, 6.45) is 8.87. The fourth-order valence-corrected chi connectivity index (χ4v) is 4.99. The zero-order valence-electron chi connectivity index (χ0n) is 25.2. The molecule has 0 atom stereocenters. The van der Waals surface area contributed by atoms with Crippen LogP contribution in [0.1, 0.15) is 69.4 Å². The minimum Gasteiger partial charge on any atom is -0.379 e. The number of aromatic nitrogens is 3. The van der Waals surface area contributed by atoms with Gasteiger partial charge in [0.2, 0.25) is 17.8 Å². The first-order valence-corrected chi connectivity index (χ1v) is 15.6. The molecule has 9 nitrogen and oxygen atoms in total. The molecule has 0 amide bonds. The van der Waals surface area contributed by atoms with Crippen LogP contribution in [0, 0.1) is 11.7 Å². The number of rotatable bonds is 19. The van der Waals surface area contributed by atoms with Crippen LogP contribution >= 0.6 is 0 Å². The van der Waals surface area contributed by atoms with Crippen LogP contribution in [0.25, 0.3) is 0 Å². The van der Waals surface area contributed by atoms with E-state index in [1.165, 1.54) is 44.2 Å². The van der Waals surface area contributed by atoms with E-state index in [1.54, 1.807) is 12.1 Å². The van der Waals surface area contributed by atoms with E-state index in [4.69, 9.17) is 9.47 Å². The SMILES string of the molecule is CCCOCCOCCCC(=O)Cc1ccc(Nc2nc(NCc3ccc(F)cc3)nc(NCC3CCCCC3)n2)cc1. The third kappa shape index (κ3) is 12.2. The van der Waals surface area contributed by atoms with Crippen LogP contribution in [0.3, 0.4) is 0 Å². The van der Waals surface area contributed by atoms with Gasteiger partial charge in [-0.2, -0.15) is 15.0 Å². The van der Waals surface area contributed by atoms with Gasteiger partial charge in [-0.05, 0) is 67.0 Å². The molecular formula is C33H45FN6O3. The van der Waals surface area contributed by atoms with E-state index in [2.05, 4.69) is 37.8 Å². The lowest BCUT2D eigenvalue weighted by atomic mass is 9.89. The lowest BCUT2D eigenvalue weighted by molar-refractivity contribution is -0.118. The summed E-state index contributed by atoms with van der Waals surface area (Å²) in [6.45, 7) is 5.82. The zero-order valence-corrected chi connectivity index (χ0v) is 25.2. The summed E-state index contributed by atoms with van der Waals surface area (Å²) in [4.78, 5) is 26.2. The highest BCUT2D eigenvalue weighted by Gasteiger charge is 2.15. The van der Waals surface area contributed by atoms with Crippen LogP contribution in [-0.4, -0.2) is 53.7 Å². The van der Waals surface area contributed by atoms with Crippen molar-refractivity contribution in [3.8, 4) is 0 Å². The summed E-state index contributed by atoms with van der Waals surface area (Å²) in [7, 11) is 0. The number of carbonyl (C=O) groups is 1. The van der Waals surface area contributed by atoms with Crippen LogP contribution in [-0.2, 0) is 27.2 Å². The van der Waals surface area contributed by atoms with Gasteiger partial charge in [0.25, 0.3) is 0 Å². The first kappa shape index (κ1) is 32.3. The van der Waals surface area contributed by atoms with Crippen molar-refractivity contribution in [2.45, 2.75) is 71.3 Å². The maximum atomic E-state index is 13.3. The van der Waals surface area contributed by atoms with Gasteiger partial charge in [0.1, 0.15) is 11.6 Å². The predicted molar refractivity (Wildman–Crippen MR) is 168 cm³/mol. The molecule has 10 heteroatoms. The van der Waals surface area contributed by atoms with Crippen molar-refractivity contribution in [3.63, 3.8) is 0 Å². The summed E-state index contributed by atoms with van der Waals surface area (Å²) < 4.78 is 24.2. The van der Waals surface area contributed by atoms with E-state index in [0.29, 0.717) is 69.4 Å². The maximum absolute atomic E-state index is 13.3. The molecule has 1 saturated carbocycles. The standard InChI is InChI=1S/C33H45FN6O3/c1-2-18-42-20-21-43-19-6-9-30(41)22-25-12-16-29(17-13-25)37-33-39-31(35-23-26-7-4-3-5-8-26)38-32(40-33)36-24-27-10-14-28(34)15-11-27/h10-17,26H,2-9,18-24H2,1H3,(H3,35,36,37,38,39,40). The second-order valence-corrected chi connectivity index (χ2v) is 11.0. The van der Waals surface area contributed by atoms with Crippen molar-refractivity contribution in [2.75, 3.05) is 48.9 Å². The number of Topliss-reactive ketones (excluding diaryl/α,β-unsaturated/α-hetero) is 1. The number of hydrogen-bond acceptors (Lipinski definition) is 9. The minimum atomic E-state index is -0.269. The quantitative estimate of drug-likeness (QED) is 0.131. The molecule has 3 aromatic rings. The van der Waals surface area contributed by atoms with Gasteiger partial charge in [-0.25, -0.2) is 4.39 Å². The molecule has 1 aliphatic carbocycles. The number of hydrogen-bond donors (Lipinski definition) is 3. The molecule has 0 aliphatic heterocycles. The highest BCUT2D eigenvalue weighted by molar-refractivity contribution is 5.81.